The van der Waals surface area contributed by atoms with Crippen molar-refractivity contribution in [2.45, 2.75) is 27.7 Å². The zero-order valence-corrected chi connectivity index (χ0v) is 16.7. The second-order valence-corrected chi connectivity index (χ2v) is 6.27. The number of nitrogens with zero attached hydrogens (tertiary/aromatic N) is 4. The van der Waals surface area contributed by atoms with Crippen LogP contribution in [0, 0.1) is 0 Å². The van der Waals surface area contributed by atoms with Gasteiger partial charge in [-0.05, 0) is 40.3 Å². The van der Waals surface area contributed by atoms with Crippen LogP contribution in [0.25, 0.3) is 0 Å². The van der Waals surface area contributed by atoms with Crippen molar-refractivity contribution >= 4 is 0 Å². The second kappa shape index (κ2) is 15.3. The van der Waals surface area contributed by atoms with Crippen LogP contribution in [0.4, 0.5) is 0 Å². The summed E-state index contributed by atoms with van der Waals surface area (Å²) in [5.41, 5.74) is 0. The molecule has 0 spiro atoms. The molecule has 0 N–H and O–H groups in total. The molecule has 0 aromatic carbocycles. The maximum Gasteiger partial charge on any atom is 0.0593 e. The molecule has 0 saturated carbocycles. The molecule has 0 atom stereocenters. The van der Waals surface area contributed by atoms with Crippen LogP contribution in [0.5, 0.6) is 0 Å². The van der Waals surface area contributed by atoms with E-state index in [1.54, 1.807) is 0 Å². The highest BCUT2D eigenvalue weighted by Crippen LogP contribution is 1.92. The second-order valence-electron chi connectivity index (χ2n) is 6.27. The first-order valence-corrected chi connectivity index (χ1v) is 9.46. The monoisotopic (exact) mass is 330 g/mol. The Hall–Kier alpha value is -0.200. The van der Waals surface area contributed by atoms with Gasteiger partial charge < -0.3 is 24.3 Å². The van der Waals surface area contributed by atoms with E-state index in [-0.39, 0.29) is 0 Å². The van der Waals surface area contributed by atoms with Gasteiger partial charge in [-0.25, -0.2) is 0 Å². The fraction of sp³-hybridized carbons (Fsp3) is 1.00. The molecule has 0 heterocycles. The minimum absolute atomic E-state index is 0.832. The first-order chi connectivity index (χ1) is 11.1. The standard InChI is InChI=1S/C18H42N4O/c1-7-21(8-2)13-11-19(5)15-17-23-18-16-20(6)12-14-22(9-3)10-4/h7-18H2,1-6H3. The fourth-order valence-electron chi connectivity index (χ4n) is 2.47. The minimum atomic E-state index is 0.832. The molecular weight excluding hydrogens is 288 g/mol. The van der Waals surface area contributed by atoms with E-state index in [0.717, 1.165) is 78.7 Å². The molecule has 0 aliphatic rings. The third-order valence-electron chi connectivity index (χ3n) is 4.62. The molecule has 0 fully saturated rings. The van der Waals surface area contributed by atoms with Crippen LogP contribution in [0.3, 0.4) is 0 Å². The Morgan fingerprint density at radius 1 is 0.522 bits per heavy atom. The molecule has 0 radical (unpaired) electrons. The summed E-state index contributed by atoms with van der Waals surface area (Å²) in [6, 6.07) is 0. The maximum atomic E-state index is 5.78. The van der Waals surface area contributed by atoms with Gasteiger partial charge in [0, 0.05) is 39.3 Å². The third-order valence-corrected chi connectivity index (χ3v) is 4.62. The number of hydrogen-bond donors (Lipinski definition) is 0. The van der Waals surface area contributed by atoms with E-state index < -0.39 is 0 Å². The predicted octanol–water partition coefficient (Wildman–Crippen LogP) is 1.55. The number of hydrogen-bond acceptors (Lipinski definition) is 5. The number of rotatable bonds is 16. The van der Waals surface area contributed by atoms with Crippen molar-refractivity contribution in [3.63, 3.8) is 0 Å². The zero-order chi connectivity index (χ0) is 17.5. The van der Waals surface area contributed by atoms with Crippen molar-refractivity contribution < 1.29 is 4.74 Å². The Labute approximate surface area is 145 Å². The quantitative estimate of drug-likeness (QED) is 0.399. The molecule has 5 heteroatoms. The van der Waals surface area contributed by atoms with Gasteiger partial charge in [0.25, 0.3) is 0 Å². The van der Waals surface area contributed by atoms with E-state index in [0.29, 0.717) is 0 Å². The Morgan fingerprint density at radius 2 is 0.870 bits per heavy atom. The predicted molar refractivity (Wildman–Crippen MR) is 101 cm³/mol. The van der Waals surface area contributed by atoms with Gasteiger partial charge in [0.05, 0.1) is 13.2 Å². The van der Waals surface area contributed by atoms with Crippen molar-refractivity contribution in [1.29, 1.82) is 0 Å². The molecule has 0 saturated heterocycles. The van der Waals surface area contributed by atoms with Crippen LogP contribution >= 0.6 is 0 Å². The van der Waals surface area contributed by atoms with Gasteiger partial charge in [0.15, 0.2) is 0 Å². The first-order valence-electron chi connectivity index (χ1n) is 9.46. The Morgan fingerprint density at radius 3 is 1.17 bits per heavy atom. The topological polar surface area (TPSA) is 22.2 Å². The van der Waals surface area contributed by atoms with Crippen LogP contribution in [0.15, 0.2) is 0 Å². The largest absolute Gasteiger partial charge is 0.379 e. The van der Waals surface area contributed by atoms with Gasteiger partial charge in [0.1, 0.15) is 0 Å². The summed E-state index contributed by atoms with van der Waals surface area (Å²) >= 11 is 0. The lowest BCUT2D eigenvalue weighted by molar-refractivity contribution is 0.0894. The summed E-state index contributed by atoms with van der Waals surface area (Å²) in [7, 11) is 4.37. The molecular formula is C18H42N4O. The Balaban J connectivity index is 3.53. The van der Waals surface area contributed by atoms with Crippen LogP contribution in [-0.2, 0) is 4.74 Å². The van der Waals surface area contributed by atoms with Crippen LogP contribution in [-0.4, -0.2) is 112 Å². The molecule has 0 bridgehead atoms. The molecule has 0 aliphatic carbocycles. The summed E-state index contributed by atoms with van der Waals surface area (Å²) in [4.78, 5) is 9.65. The van der Waals surface area contributed by atoms with E-state index >= 15 is 0 Å². The van der Waals surface area contributed by atoms with Crippen molar-refractivity contribution in [2.24, 2.45) is 0 Å². The van der Waals surface area contributed by atoms with E-state index in [4.69, 9.17) is 4.74 Å². The Kier molecular flexibility index (Phi) is 15.2. The fourth-order valence-corrected chi connectivity index (χ4v) is 2.47. The minimum Gasteiger partial charge on any atom is -0.379 e. The van der Waals surface area contributed by atoms with Crippen LogP contribution < -0.4 is 0 Å². The molecule has 0 aromatic heterocycles. The van der Waals surface area contributed by atoms with Crippen LogP contribution in [0.1, 0.15) is 27.7 Å². The lowest BCUT2D eigenvalue weighted by atomic mass is 10.4. The van der Waals surface area contributed by atoms with Crippen molar-refractivity contribution in [2.75, 3.05) is 92.8 Å². The molecule has 5 nitrogen and oxygen atoms in total. The van der Waals surface area contributed by atoms with Gasteiger partial charge in [-0.2, -0.15) is 0 Å². The van der Waals surface area contributed by atoms with E-state index in [1.165, 1.54) is 0 Å². The van der Waals surface area contributed by atoms with E-state index in [1.807, 2.05) is 0 Å². The maximum absolute atomic E-state index is 5.78. The van der Waals surface area contributed by atoms with Crippen LogP contribution in [0.2, 0.25) is 0 Å². The molecule has 140 valence electrons. The highest BCUT2D eigenvalue weighted by Gasteiger charge is 2.04. The molecule has 0 amide bonds. The summed E-state index contributed by atoms with van der Waals surface area (Å²) < 4.78 is 5.78. The SMILES string of the molecule is CCN(CC)CCN(C)CCOCCN(C)CCN(CC)CC. The number of likely N-dealkylation sites (N-methyl/N-ethyl adjacent to an activating group) is 4. The van der Waals surface area contributed by atoms with Gasteiger partial charge in [-0.15, -0.1) is 0 Å². The molecule has 0 aromatic rings. The summed E-state index contributed by atoms with van der Waals surface area (Å²) in [5.74, 6) is 0. The Bertz CT molecular complexity index is 221. The van der Waals surface area contributed by atoms with Gasteiger partial charge >= 0.3 is 0 Å². The summed E-state index contributed by atoms with van der Waals surface area (Å²) in [5, 5.41) is 0. The highest BCUT2D eigenvalue weighted by atomic mass is 16.5. The molecule has 0 rings (SSSR count). The number of ether oxygens (including phenoxy) is 1. The van der Waals surface area contributed by atoms with Gasteiger partial charge in [0.2, 0.25) is 0 Å². The van der Waals surface area contributed by atoms with Crippen molar-refractivity contribution in [1.82, 2.24) is 19.6 Å². The van der Waals surface area contributed by atoms with Gasteiger partial charge in [-0.3, -0.25) is 0 Å². The smallest absolute Gasteiger partial charge is 0.0593 e. The normalized spacial score (nSPS) is 12.3. The van der Waals surface area contributed by atoms with E-state index in [9.17, 15) is 0 Å². The molecule has 0 aliphatic heterocycles. The third kappa shape index (κ3) is 12.8. The molecule has 0 unspecified atom stereocenters. The lowest BCUT2D eigenvalue weighted by Crippen LogP contribution is -2.35. The summed E-state index contributed by atoms with van der Waals surface area (Å²) in [6.07, 6.45) is 0. The first kappa shape index (κ1) is 22.8. The van der Waals surface area contributed by atoms with E-state index in [2.05, 4.69) is 61.4 Å². The molecule has 23 heavy (non-hydrogen) atoms. The average molecular weight is 331 g/mol. The highest BCUT2D eigenvalue weighted by molar-refractivity contribution is 4.59. The lowest BCUT2D eigenvalue weighted by Gasteiger charge is -2.24. The summed E-state index contributed by atoms with van der Waals surface area (Å²) in [6.45, 7) is 21.7. The van der Waals surface area contributed by atoms with Crippen molar-refractivity contribution in [3.05, 3.63) is 0 Å². The zero-order valence-electron chi connectivity index (χ0n) is 16.7. The van der Waals surface area contributed by atoms with Crippen molar-refractivity contribution in [3.8, 4) is 0 Å². The van der Waals surface area contributed by atoms with Gasteiger partial charge in [-0.1, -0.05) is 27.7 Å². The average Bonchev–Trinajstić information content (AvgIpc) is 2.56.